The number of hydrogen-bond acceptors (Lipinski definition) is 1. The quantitative estimate of drug-likeness (QED) is 0.739. The molecule has 1 aliphatic carbocycles. The fourth-order valence-electron chi connectivity index (χ4n) is 2.51. The van der Waals surface area contributed by atoms with E-state index in [1.165, 1.54) is 10.5 Å². The van der Waals surface area contributed by atoms with Crippen molar-refractivity contribution in [1.29, 1.82) is 0 Å². The Morgan fingerprint density at radius 3 is 2.76 bits per heavy atom. The van der Waals surface area contributed by atoms with Crippen molar-refractivity contribution >= 4 is 11.7 Å². The molecule has 1 aromatic carbocycles. The van der Waals surface area contributed by atoms with Crippen LogP contribution in [0, 0.1) is 0 Å². The summed E-state index contributed by atoms with van der Waals surface area (Å²) in [6, 6.07) is 8.02. The summed E-state index contributed by atoms with van der Waals surface area (Å²) in [7, 11) is 0. The van der Waals surface area contributed by atoms with E-state index >= 15 is 0 Å². The standard InChI is InChI=1S/C14H13NO2/c16-14(17)15-9-10-5-1-2-6-11(10)12-7-3-4-8-13(12)15/h1-2,5-8H,3-4,9H2,(H,16,17). The van der Waals surface area contributed by atoms with E-state index in [0.717, 1.165) is 29.7 Å². The van der Waals surface area contributed by atoms with Crippen molar-refractivity contribution in [3.8, 4) is 0 Å². The normalized spacial score (nSPS) is 17.8. The number of carboxylic acid groups (broad SMARTS) is 1. The van der Waals surface area contributed by atoms with Crippen molar-refractivity contribution < 1.29 is 9.90 Å². The molecule has 0 saturated heterocycles. The van der Waals surface area contributed by atoms with Crippen molar-refractivity contribution in [1.82, 2.24) is 4.90 Å². The molecule has 86 valence electrons. The van der Waals surface area contributed by atoms with Crippen molar-refractivity contribution in [2.24, 2.45) is 0 Å². The Bertz CT molecular complexity index is 543. The van der Waals surface area contributed by atoms with E-state index in [-0.39, 0.29) is 0 Å². The SMILES string of the molecule is O=C(O)N1Cc2ccccc2C2=CCCC=C21. The third-order valence-electron chi connectivity index (χ3n) is 3.29. The van der Waals surface area contributed by atoms with E-state index < -0.39 is 6.09 Å². The van der Waals surface area contributed by atoms with Crippen LogP contribution >= 0.6 is 0 Å². The Labute approximate surface area is 99.7 Å². The molecule has 1 aliphatic heterocycles. The van der Waals surface area contributed by atoms with Crippen molar-refractivity contribution in [2.75, 3.05) is 0 Å². The topological polar surface area (TPSA) is 40.5 Å². The second-order valence-electron chi connectivity index (χ2n) is 4.31. The molecule has 17 heavy (non-hydrogen) atoms. The molecule has 0 fully saturated rings. The third kappa shape index (κ3) is 1.55. The summed E-state index contributed by atoms with van der Waals surface area (Å²) >= 11 is 0. The van der Waals surface area contributed by atoms with Crippen LogP contribution in [0.4, 0.5) is 4.79 Å². The number of amides is 1. The van der Waals surface area contributed by atoms with Crippen LogP contribution in [0.3, 0.4) is 0 Å². The van der Waals surface area contributed by atoms with Gasteiger partial charge in [-0.15, -0.1) is 0 Å². The minimum Gasteiger partial charge on any atom is -0.465 e. The van der Waals surface area contributed by atoms with Crippen LogP contribution in [0.15, 0.2) is 42.1 Å². The maximum Gasteiger partial charge on any atom is 0.412 e. The number of rotatable bonds is 0. The van der Waals surface area contributed by atoms with Gasteiger partial charge in [-0.1, -0.05) is 36.4 Å². The number of benzene rings is 1. The van der Waals surface area contributed by atoms with Gasteiger partial charge < -0.3 is 5.11 Å². The van der Waals surface area contributed by atoms with Crippen LogP contribution < -0.4 is 0 Å². The highest BCUT2D eigenvalue weighted by molar-refractivity contribution is 5.87. The Morgan fingerprint density at radius 1 is 1.18 bits per heavy atom. The van der Waals surface area contributed by atoms with Crippen LogP contribution in [0.5, 0.6) is 0 Å². The highest BCUT2D eigenvalue weighted by Gasteiger charge is 2.28. The van der Waals surface area contributed by atoms with Gasteiger partial charge in [-0.05, 0) is 24.0 Å². The molecule has 0 atom stereocenters. The molecule has 0 unspecified atom stereocenters. The minimum atomic E-state index is -0.876. The smallest absolute Gasteiger partial charge is 0.412 e. The molecule has 0 radical (unpaired) electrons. The predicted octanol–water partition coefficient (Wildman–Crippen LogP) is 3.24. The molecule has 0 aromatic heterocycles. The molecule has 1 amide bonds. The lowest BCUT2D eigenvalue weighted by molar-refractivity contribution is 0.157. The van der Waals surface area contributed by atoms with E-state index in [0.29, 0.717) is 6.54 Å². The van der Waals surface area contributed by atoms with Gasteiger partial charge in [0.1, 0.15) is 0 Å². The van der Waals surface area contributed by atoms with Gasteiger partial charge in [0, 0.05) is 5.57 Å². The average Bonchev–Trinajstić information content (AvgIpc) is 2.37. The predicted molar refractivity (Wildman–Crippen MR) is 65.3 cm³/mol. The molecule has 3 heteroatoms. The van der Waals surface area contributed by atoms with Gasteiger partial charge in [-0.3, -0.25) is 4.90 Å². The van der Waals surface area contributed by atoms with E-state index in [2.05, 4.69) is 12.1 Å². The number of allylic oxidation sites excluding steroid dienone is 3. The monoisotopic (exact) mass is 227 g/mol. The first kappa shape index (κ1) is 10.1. The molecular formula is C14H13NO2. The molecular weight excluding hydrogens is 214 g/mol. The average molecular weight is 227 g/mol. The number of fused-ring (bicyclic) bond motifs is 3. The lowest BCUT2D eigenvalue weighted by atomic mass is 9.88. The van der Waals surface area contributed by atoms with Gasteiger partial charge in [-0.2, -0.15) is 0 Å². The fraction of sp³-hybridized carbons (Fsp3) is 0.214. The highest BCUT2D eigenvalue weighted by Crippen LogP contribution is 2.37. The largest absolute Gasteiger partial charge is 0.465 e. The van der Waals surface area contributed by atoms with Crippen LogP contribution in [-0.2, 0) is 6.54 Å². The van der Waals surface area contributed by atoms with E-state index in [9.17, 15) is 9.90 Å². The van der Waals surface area contributed by atoms with Gasteiger partial charge in [0.2, 0.25) is 0 Å². The molecule has 2 aliphatic rings. The van der Waals surface area contributed by atoms with Gasteiger partial charge >= 0.3 is 6.09 Å². The molecule has 1 heterocycles. The van der Waals surface area contributed by atoms with Crippen molar-refractivity contribution in [3.63, 3.8) is 0 Å². The Morgan fingerprint density at radius 2 is 1.94 bits per heavy atom. The molecule has 1 N–H and O–H groups in total. The maximum absolute atomic E-state index is 11.3. The number of hydrogen-bond donors (Lipinski definition) is 1. The number of nitrogens with zero attached hydrogens (tertiary/aromatic N) is 1. The van der Waals surface area contributed by atoms with Gasteiger partial charge in [0.15, 0.2) is 0 Å². The van der Waals surface area contributed by atoms with Crippen LogP contribution in [0.25, 0.3) is 5.57 Å². The van der Waals surface area contributed by atoms with Gasteiger partial charge in [0.05, 0.1) is 12.2 Å². The summed E-state index contributed by atoms with van der Waals surface area (Å²) < 4.78 is 0. The lowest BCUT2D eigenvalue weighted by Gasteiger charge is -2.33. The highest BCUT2D eigenvalue weighted by atomic mass is 16.4. The Hall–Kier alpha value is -2.03. The second-order valence-corrected chi connectivity index (χ2v) is 4.31. The van der Waals surface area contributed by atoms with Crippen LogP contribution in [-0.4, -0.2) is 16.1 Å². The van der Waals surface area contributed by atoms with E-state index in [1.54, 1.807) is 0 Å². The zero-order chi connectivity index (χ0) is 11.8. The first-order valence-electron chi connectivity index (χ1n) is 5.77. The molecule has 3 rings (SSSR count). The summed E-state index contributed by atoms with van der Waals surface area (Å²) in [4.78, 5) is 12.7. The minimum absolute atomic E-state index is 0.453. The van der Waals surface area contributed by atoms with Crippen LogP contribution in [0.1, 0.15) is 24.0 Å². The third-order valence-corrected chi connectivity index (χ3v) is 3.29. The zero-order valence-electron chi connectivity index (χ0n) is 9.39. The summed E-state index contributed by atoms with van der Waals surface area (Å²) in [6.45, 7) is 0.453. The Balaban J connectivity index is 2.17. The summed E-state index contributed by atoms with van der Waals surface area (Å²) in [5.41, 5.74) is 4.18. The molecule has 0 spiro atoms. The molecule has 0 saturated carbocycles. The molecule has 1 aromatic rings. The number of carbonyl (C=O) groups is 1. The maximum atomic E-state index is 11.3. The van der Waals surface area contributed by atoms with Gasteiger partial charge in [-0.25, -0.2) is 4.79 Å². The van der Waals surface area contributed by atoms with E-state index in [1.807, 2.05) is 24.3 Å². The van der Waals surface area contributed by atoms with Crippen molar-refractivity contribution in [2.45, 2.75) is 19.4 Å². The van der Waals surface area contributed by atoms with Crippen molar-refractivity contribution in [3.05, 3.63) is 53.2 Å². The Kier molecular flexibility index (Phi) is 2.25. The molecule has 3 nitrogen and oxygen atoms in total. The first-order valence-corrected chi connectivity index (χ1v) is 5.77. The van der Waals surface area contributed by atoms with Crippen LogP contribution in [0.2, 0.25) is 0 Å². The lowest BCUT2D eigenvalue weighted by Crippen LogP contribution is -2.33. The first-order chi connectivity index (χ1) is 8.27. The second kappa shape index (κ2) is 3.77. The van der Waals surface area contributed by atoms with Gasteiger partial charge in [0.25, 0.3) is 0 Å². The summed E-state index contributed by atoms with van der Waals surface area (Å²) in [6.07, 6.45) is 5.20. The summed E-state index contributed by atoms with van der Waals surface area (Å²) in [5, 5.41) is 9.26. The van der Waals surface area contributed by atoms with E-state index in [4.69, 9.17) is 0 Å². The fourth-order valence-corrected chi connectivity index (χ4v) is 2.51. The molecule has 0 bridgehead atoms. The summed E-state index contributed by atoms with van der Waals surface area (Å²) in [5.74, 6) is 0. The zero-order valence-corrected chi connectivity index (χ0v) is 9.39.